The first-order valence-corrected chi connectivity index (χ1v) is 9.92. The number of rotatable bonds is 11. The van der Waals surface area contributed by atoms with Crippen molar-refractivity contribution in [3.05, 3.63) is 35.6 Å². The highest BCUT2D eigenvalue weighted by molar-refractivity contribution is 14.0. The van der Waals surface area contributed by atoms with Crippen molar-refractivity contribution in [3.63, 3.8) is 0 Å². The average molecular weight is 508 g/mol. The Morgan fingerprint density at radius 3 is 2.32 bits per heavy atom. The van der Waals surface area contributed by atoms with Crippen molar-refractivity contribution in [1.82, 2.24) is 15.5 Å². The lowest BCUT2D eigenvalue weighted by Crippen LogP contribution is -2.42. The Morgan fingerprint density at radius 2 is 1.82 bits per heavy atom. The first-order valence-electron chi connectivity index (χ1n) is 9.92. The summed E-state index contributed by atoms with van der Waals surface area (Å²) in [5, 5.41) is 16.0. The van der Waals surface area contributed by atoms with Crippen molar-refractivity contribution in [2.75, 3.05) is 40.3 Å². The molecular formula is C21H38FIN4O. The number of guanidine groups is 1. The minimum Gasteiger partial charge on any atom is -0.396 e. The number of nitrogens with zero attached hydrogens (tertiary/aromatic N) is 2. The summed E-state index contributed by atoms with van der Waals surface area (Å²) in [5.41, 5.74) is 1.06. The fourth-order valence-corrected chi connectivity index (χ4v) is 3.17. The Kier molecular flexibility index (Phi) is 14.5. The molecule has 3 N–H and O–H groups in total. The predicted molar refractivity (Wildman–Crippen MR) is 127 cm³/mol. The summed E-state index contributed by atoms with van der Waals surface area (Å²) >= 11 is 0. The zero-order valence-corrected chi connectivity index (χ0v) is 20.2. The normalized spacial score (nSPS) is 14.0. The third kappa shape index (κ3) is 10.6. The van der Waals surface area contributed by atoms with Gasteiger partial charge in [-0.1, -0.05) is 26.0 Å². The SMILES string of the molecule is CCNC(=NCC(CCO)CC(C)C)NCC(c1ccc(F)cc1)N(C)C.I. The number of benzene rings is 1. The molecule has 162 valence electrons. The number of nitrogens with one attached hydrogen (secondary N) is 2. The van der Waals surface area contributed by atoms with Crippen molar-refractivity contribution in [1.29, 1.82) is 0 Å². The van der Waals surface area contributed by atoms with Gasteiger partial charge in [0.05, 0.1) is 6.04 Å². The topological polar surface area (TPSA) is 59.9 Å². The van der Waals surface area contributed by atoms with E-state index in [4.69, 9.17) is 4.99 Å². The van der Waals surface area contributed by atoms with Crippen molar-refractivity contribution in [2.24, 2.45) is 16.8 Å². The second kappa shape index (κ2) is 15.0. The maximum absolute atomic E-state index is 13.2. The minimum absolute atomic E-state index is 0. The number of hydrogen-bond donors (Lipinski definition) is 3. The van der Waals surface area contributed by atoms with Crippen molar-refractivity contribution >= 4 is 29.9 Å². The van der Waals surface area contributed by atoms with E-state index < -0.39 is 0 Å². The fourth-order valence-electron chi connectivity index (χ4n) is 3.17. The van der Waals surface area contributed by atoms with E-state index in [1.807, 2.05) is 33.2 Å². The van der Waals surface area contributed by atoms with Gasteiger partial charge in [0.15, 0.2) is 5.96 Å². The molecule has 1 rings (SSSR count). The first kappa shape index (κ1) is 27.1. The van der Waals surface area contributed by atoms with Crippen LogP contribution in [0.5, 0.6) is 0 Å². The lowest BCUT2D eigenvalue weighted by Gasteiger charge is -2.26. The van der Waals surface area contributed by atoms with Gasteiger partial charge in [-0.25, -0.2) is 4.39 Å². The van der Waals surface area contributed by atoms with Crippen LogP contribution in [-0.4, -0.2) is 56.3 Å². The summed E-state index contributed by atoms with van der Waals surface area (Å²) in [7, 11) is 4.03. The van der Waals surface area contributed by atoms with E-state index in [9.17, 15) is 9.50 Å². The number of likely N-dealkylation sites (N-methyl/N-ethyl adjacent to an activating group) is 1. The van der Waals surface area contributed by atoms with Gasteiger partial charge in [-0.15, -0.1) is 24.0 Å². The number of aliphatic imine (C=N–C) groups is 1. The molecule has 0 fully saturated rings. The average Bonchev–Trinajstić information content (AvgIpc) is 2.60. The molecule has 7 heteroatoms. The van der Waals surface area contributed by atoms with Gasteiger partial charge in [0.2, 0.25) is 0 Å². The number of hydrogen-bond acceptors (Lipinski definition) is 3. The Bertz CT molecular complexity index is 552. The molecule has 2 atom stereocenters. The van der Waals surface area contributed by atoms with Gasteiger partial charge in [-0.05, 0) is 63.4 Å². The van der Waals surface area contributed by atoms with Gasteiger partial charge in [0.25, 0.3) is 0 Å². The molecule has 0 saturated carbocycles. The third-order valence-electron chi connectivity index (χ3n) is 4.53. The molecule has 0 spiro atoms. The van der Waals surface area contributed by atoms with E-state index >= 15 is 0 Å². The highest BCUT2D eigenvalue weighted by Crippen LogP contribution is 2.18. The lowest BCUT2D eigenvalue weighted by molar-refractivity contribution is 0.245. The van der Waals surface area contributed by atoms with Crippen molar-refractivity contribution in [2.45, 2.75) is 39.7 Å². The van der Waals surface area contributed by atoms with Gasteiger partial charge < -0.3 is 20.6 Å². The van der Waals surface area contributed by atoms with Crippen molar-refractivity contribution < 1.29 is 9.50 Å². The second-order valence-electron chi connectivity index (χ2n) is 7.64. The van der Waals surface area contributed by atoms with Crippen molar-refractivity contribution in [3.8, 4) is 0 Å². The molecule has 1 aromatic rings. The van der Waals surface area contributed by atoms with Gasteiger partial charge in [0, 0.05) is 26.2 Å². The van der Waals surface area contributed by atoms with E-state index in [0.29, 0.717) is 24.9 Å². The summed E-state index contributed by atoms with van der Waals surface area (Å²) in [6.45, 7) is 8.77. The molecule has 0 amide bonds. The van der Waals surface area contributed by atoms with Crippen LogP contribution in [0.2, 0.25) is 0 Å². The molecule has 0 aliphatic heterocycles. The smallest absolute Gasteiger partial charge is 0.191 e. The second-order valence-corrected chi connectivity index (χ2v) is 7.64. The molecule has 1 aromatic carbocycles. The minimum atomic E-state index is -0.223. The Morgan fingerprint density at radius 1 is 1.18 bits per heavy atom. The molecule has 28 heavy (non-hydrogen) atoms. The summed E-state index contributed by atoms with van der Waals surface area (Å²) in [4.78, 5) is 6.84. The molecule has 0 aliphatic carbocycles. The highest BCUT2D eigenvalue weighted by Gasteiger charge is 2.15. The van der Waals surface area contributed by atoms with E-state index in [1.165, 1.54) is 12.1 Å². The van der Waals surface area contributed by atoms with Gasteiger partial charge in [-0.2, -0.15) is 0 Å². The highest BCUT2D eigenvalue weighted by atomic mass is 127. The molecular weight excluding hydrogens is 470 g/mol. The fraction of sp³-hybridized carbons (Fsp3) is 0.667. The first-order chi connectivity index (χ1) is 12.9. The summed E-state index contributed by atoms with van der Waals surface area (Å²) < 4.78 is 13.2. The third-order valence-corrected chi connectivity index (χ3v) is 4.53. The van der Waals surface area contributed by atoms with Gasteiger partial charge in [-0.3, -0.25) is 4.99 Å². The molecule has 0 bridgehead atoms. The van der Waals surface area contributed by atoms with Crippen LogP contribution in [0.3, 0.4) is 0 Å². The van der Waals surface area contributed by atoms with Crippen LogP contribution in [0.4, 0.5) is 4.39 Å². The monoisotopic (exact) mass is 508 g/mol. The van der Waals surface area contributed by atoms with Crippen LogP contribution >= 0.6 is 24.0 Å². The predicted octanol–water partition coefficient (Wildman–Crippen LogP) is 3.65. The number of aliphatic hydroxyl groups excluding tert-OH is 1. The van der Waals surface area contributed by atoms with Crippen LogP contribution in [0, 0.1) is 17.7 Å². The van der Waals surface area contributed by atoms with Crippen LogP contribution in [-0.2, 0) is 0 Å². The largest absolute Gasteiger partial charge is 0.396 e. The number of halogens is 2. The Balaban J connectivity index is 0.00000729. The van der Waals surface area contributed by atoms with Crippen LogP contribution in [0.15, 0.2) is 29.3 Å². The molecule has 0 heterocycles. The van der Waals surface area contributed by atoms with Gasteiger partial charge in [0.1, 0.15) is 5.82 Å². The molecule has 2 unspecified atom stereocenters. The zero-order chi connectivity index (χ0) is 20.2. The lowest BCUT2D eigenvalue weighted by atomic mass is 9.94. The van der Waals surface area contributed by atoms with Gasteiger partial charge >= 0.3 is 0 Å². The maximum atomic E-state index is 13.2. The molecule has 0 aromatic heterocycles. The van der Waals surface area contributed by atoms with E-state index in [1.54, 1.807) is 0 Å². The van der Waals surface area contributed by atoms with Crippen LogP contribution in [0.25, 0.3) is 0 Å². The quantitative estimate of drug-likeness (QED) is 0.243. The van der Waals surface area contributed by atoms with E-state index in [2.05, 4.69) is 29.4 Å². The Labute approximate surface area is 187 Å². The maximum Gasteiger partial charge on any atom is 0.191 e. The molecule has 0 radical (unpaired) electrons. The summed E-state index contributed by atoms with van der Waals surface area (Å²) in [6.07, 6.45) is 1.83. The zero-order valence-electron chi connectivity index (χ0n) is 17.9. The van der Waals surface area contributed by atoms with Crippen LogP contribution < -0.4 is 10.6 Å². The Hall–Kier alpha value is -0.930. The summed E-state index contributed by atoms with van der Waals surface area (Å²) in [6, 6.07) is 6.75. The molecule has 0 saturated heterocycles. The molecule has 5 nitrogen and oxygen atoms in total. The molecule has 0 aliphatic rings. The van der Waals surface area contributed by atoms with E-state index in [0.717, 1.165) is 30.9 Å². The van der Waals surface area contributed by atoms with E-state index in [-0.39, 0.29) is 42.4 Å². The standard InChI is InChI=1S/C21H37FN4O.HI/c1-6-23-21(24-14-17(11-12-27)13-16(2)3)25-15-20(26(4)5)18-7-9-19(22)10-8-18;/h7-10,16-17,20,27H,6,11-15H2,1-5H3,(H2,23,24,25);1H. The number of aliphatic hydroxyl groups is 1. The van der Waals surface area contributed by atoms with Crippen LogP contribution in [0.1, 0.15) is 45.2 Å². The summed E-state index contributed by atoms with van der Waals surface area (Å²) in [5.74, 6) is 1.52.